The predicted octanol–water partition coefficient (Wildman–Crippen LogP) is 2.76. The summed E-state index contributed by atoms with van der Waals surface area (Å²) in [5.74, 6) is 0.704. The molecule has 1 amide bonds. The molecule has 1 aliphatic carbocycles. The lowest BCUT2D eigenvalue weighted by molar-refractivity contribution is 0.00858. The third kappa shape index (κ3) is 7.65. The highest BCUT2D eigenvalue weighted by molar-refractivity contribution is 14.0. The molecule has 0 unspecified atom stereocenters. The van der Waals surface area contributed by atoms with E-state index in [0.29, 0.717) is 24.6 Å². The fraction of sp³-hybridized carbons (Fsp3) is 0.600. The largest absolute Gasteiger partial charge is 0.388 e. The van der Waals surface area contributed by atoms with Crippen molar-refractivity contribution in [2.75, 3.05) is 27.2 Å². The summed E-state index contributed by atoms with van der Waals surface area (Å²) in [4.78, 5) is 18.1. The van der Waals surface area contributed by atoms with E-state index in [-0.39, 0.29) is 29.9 Å². The first-order valence-corrected chi connectivity index (χ1v) is 9.49. The lowest BCUT2D eigenvalue weighted by Gasteiger charge is -2.32. The second kappa shape index (κ2) is 11.5. The Morgan fingerprint density at radius 1 is 1.15 bits per heavy atom. The zero-order valence-electron chi connectivity index (χ0n) is 16.6. The summed E-state index contributed by atoms with van der Waals surface area (Å²) in [5, 5.41) is 17.1. The molecule has 1 aliphatic rings. The topological polar surface area (TPSA) is 77.0 Å². The lowest BCUT2D eigenvalue weighted by atomic mass is 9.85. The van der Waals surface area contributed by atoms with Crippen molar-refractivity contribution in [3.05, 3.63) is 35.4 Å². The molecule has 3 N–H and O–H groups in total. The fourth-order valence-corrected chi connectivity index (χ4v) is 3.16. The lowest BCUT2D eigenvalue weighted by Crippen LogP contribution is -2.48. The maximum absolute atomic E-state index is 11.9. The molecule has 1 saturated carbocycles. The maximum atomic E-state index is 11.9. The number of guanidine groups is 1. The second-order valence-electron chi connectivity index (χ2n) is 7.23. The van der Waals surface area contributed by atoms with Gasteiger partial charge in [0.2, 0.25) is 0 Å². The summed E-state index contributed by atoms with van der Waals surface area (Å²) in [6, 6.07) is 7.52. The van der Waals surface area contributed by atoms with E-state index in [9.17, 15) is 9.90 Å². The molecule has 0 saturated heterocycles. The molecule has 0 aromatic heterocycles. The SMILES string of the molecule is CCNC(=NCc1ccc(C(=O)N(C)C)cc1)NCC1(O)CCCCC1.I. The number of aliphatic imine (C=N–C) groups is 1. The monoisotopic (exact) mass is 488 g/mol. The van der Waals surface area contributed by atoms with Crippen molar-refractivity contribution in [3.8, 4) is 0 Å². The molecule has 0 heterocycles. The second-order valence-corrected chi connectivity index (χ2v) is 7.23. The van der Waals surface area contributed by atoms with Crippen LogP contribution in [0.2, 0.25) is 0 Å². The van der Waals surface area contributed by atoms with Crippen molar-refractivity contribution >= 4 is 35.8 Å². The van der Waals surface area contributed by atoms with Crippen LogP contribution in [-0.2, 0) is 6.54 Å². The molecule has 1 aromatic carbocycles. The Balaban J connectivity index is 0.00000364. The van der Waals surface area contributed by atoms with Gasteiger partial charge < -0.3 is 20.6 Å². The number of hydrogen-bond acceptors (Lipinski definition) is 3. The van der Waals surface area contributed by atoms with Crippen molar-refractivity contribution in [3.63, 3.8) is 0 Å². The van der Waals surface area contributed by atoms with Crippen molar-refractivity contribution in [1.29, 1.82) is 0 Å². The number of carbonyl (C=O) groups excluding carboxylic acids is 1. The third-order valence-electron chi connectivity index (χ3n) is 4.74. The molecule has 1 fully saturated rings. The van der Waals surface area contributed by atoms with Gasteiger partial charge in [0.25, 0.3) is 5.91 Å². The Morgan fingerprint density at radius 3 is 2.33 bits per heavy atom. The molecule has 6 nitrogen and oxygen atoms in total. The minimum atomic E-state index is -0.622. The number of rotatable bonds is 6. The van der Waals surface area contributed by atoms with Gasteiger partial charge in [-0.2, -0.15) is 0 Å². The molecule has 7 heteroatoms. The number of nitrogens with one attached hydrogen (secondary N) is 2. The zero-order valence-corrected chi connectivity index (χ0v) is 19.0. The molecular formula is C20H33IN4O2. The van der Waals surface area contributed by atoms with Crippen LogP contribution < -0.4 is 10.6 Å². The summed E-state index contributed by atoms with van der Waals surface area (Å²) in [6.07, 6.45) is 5.08. The van der Waals surface area contributed by atoms with E-state index in [1.165, 1.54) is 6.42 Å². The van der Waals surface area contributed by atoms with Crippen molar-refractivity contribution in [2.24, 2.45) is 4.99 Å². The Kier molecular flexibility index (Phi) is 10.1. The third-order valence-corrected chi connectivity index (χ3v) is 4.74. The van der Waals surface area contributed by atoms with Gasteiger partial charge in [-0.3, -0.25) is 4.79 Å². The van der Waals surface area contributed by atoms with Crippen LogP contribution in [0, 0.1) is 0 Å². The predicted molar refractivity (Wildman–Crippen MR) is 121 cm³/mol. The Labute approximate surface area is 179 Å². The van der Waals surface area contributed by atoms with Crippen LogP contribution in [0.5, 0.6) is 0 Å². The van der Waals surface area contributed by atoms with Crippen molar-refractivity contribution < 1.29 is 9.90 Å². The number of amides is 1. The normalized spacial score (nSPS) is 16.2. The van der Waals surface area contributed by atoms with Gasteiger partial charge in [0.05, 0.1) is 12.1 Å². The first-order chi connectivity index (χ1) is 12.4. The average Bonchev–Trinajstić information content (AvgIpc) is 2.64. The summed E-state index contributed by atoms with van der Waals surface area (Å²) >= 11 is 0. The molecule has 2 rings (SSSR count). The van der Waals surface area contributed by atoms with Crippen LogP contribution in [0.1, 0.15) is 54.9 Å². The summed E-state index contributed by atoms with van der Waals surface area (Å²) < 4.78 is 0. The minimum absolute atomic E-state index is 0. The van der Waals surface area contributed by atoms with Crippen molar-refractivity contribution in [2.45, 2.75) is 51.2 Å². The van der Waals surface area contributed by atoms with Gasteiger partial charge in [0.15, 0.2) is 5.96 Å². The zero-order chi connectivity index (χ0) is 19.0. The molecular weight excluding hydrogens is 455 g/mol. The molecule has 0 aliphatic heterocycles. The van der Waals surface area contributed by atoms with Crippen molar-refractivity contribution in [1.82, 2.24) is 15.5 Å². The maximum Gasteiger partial charge on any atom is 0.253 e. The van der Waals surface area contributed by atoms with Gasteiger partial charge in [-0.15, -0.1) is 24.0 Å². The van der Waals surface area contributed by atoms with Gasteiger partial charge in [-0.05, 0) is 37.5 Å². The van der Waals surface area contributed by atoms with E-state index in [0.717, 1.165) is 37.8 Å². The summed E-state index contributed by atoms with van der Waals surface area (Å²) in [5.41, 5.74) is 1.09. The van der Waals surface area contributed by atoms with Gasteiger partial charge in [0.1, 0.15) is 0 Å². The van der Waals surface area contributed by atoms with Crippen LogP contribution in [-0.4, -0.2) is 54.7 Å². The van der Waals surface area contributed by atoms with Crippen LogP contribution in [0.4, 0.5) is 0 Å². The van der Waals surface area contributed by atoms with E-state index in [1.807, 2.05) is 31.2 Å². The van der Waals surface area contributed by atoms with Gasteiger partial charge in [-0.1, -0.05) is 31.4 Å². The van der Waals surface area contributed by atoms with E-state index < -0.39 is 5.60 Å². The first-order valence-electron chi connectivity index (χ1n) is 9.49. The molecule has 152 valence electrons. The smallest absolute Gasteiger partial charge is 0.253 e. The highest BCUT2D eigenvalue weighted by Crippen LogP contribution is 2.27. The number of carbonyl (C=O) groups is 1. The standard InChI is InChI=1S/C20H32N4O2.HI/c1-4-21-19(23-15-20(26)12-6-5-7-13-20)22-14-16-8-10-17(11-9-16)18(25)24(2)3;/h8-11,26H,4-7,12-15H2,1-3H3,(H2,21,22,23);1H. The van der Waals surface area contributed by atoms with Crippen LogP contribution in [0.3, 0.4) is 0 Å². The van der Waals surface area contributed by atoms with Crippen LogP contribution in [0.15, 0.2) is 29.3 Å². The van der Waals surface area contributed by atoms with Gasteiger partial charge in [-0.25, -0.2) is 4.99 Å². The molecule has 0 spiro atoms. The Morgan fingerprint density at radius 2 is 1.78 bits per heavy atom. The number of halogens is 1. The molecule has 0 atom stereocenters. The Hall–Kier alpha value is -1.35. The highest BCUT2D eigenvalue weighted by Gasteiger charge is 2.29. The van der Waals surface area contributed by atoms with E-state index in [4.69, 9.17) is 0 Å². The number of hydrogen-bond donors (Lipinski definition) is 3. The summed E-state index contributed by atoms with van der Waals surface area (Å²) in [6.45, 7) is 3.83. The van der Waals surface area contributed by atoms with Gasteiger partial charge >= 0.3 is 0 Å². The van der Waals surface area contributed by atoms with Crippen LogP contribution >= 0.6 is 24.0 Å². The first kappa shape index (κ1) is 23.7. The Bertz CT molecular complexity index is 611. The average molecular weight is 488 g/mol. The quantitative estimate of drug-likeness (QED) is 0.327. The van der Waals surface area contributed by atoms with E-state index >= 15 is 0 Å². The molecule has 0 bridgehead atoms. The molecule has 1 aromatic rings. The molecule has 0 radical (unpaired) electrons. The van der Waals surface area contributed by atoms with E-state index in [1.54, 1.807) is 19.0 Å². The number of nitrogens with zero attached hydrogens (tertiary/aromatic N) is 2. The number of aliphatic hydroxyl groups is 1. The fourth-order valence-electron chi connectivity index (χ4n) is 3.16. The number of benzene rings is 1. The van der Waals surface area contributed by atoms with E-state index in [2.05, 4.69) is 15.6 Å². The summed E-state index contributed by atoms with van der Waals surface area (Å²) in [7, 11) is 3.49. The van der Waals surface area contributed by atoms with Crippen LogP contribution in [0.25, 0.3) is 0 Å². The highest BCUT2D eigenvalue weighted by atomic mass is 127. The molecule has 27 heavy (non-hydrogen) atoms. The minimum Gasteiger partial charge on any atom is -0.388 e. The van der Waals surface area contributed by atoms with Gasteiger partial charge in [0, 0.05) is 32.7 Å².